The normalized spacial score (nSPS) is 20.9. The fraction of sp³-hybridized carbons (Fsp3) is 0.714. The van der Waals surface area contributed by atoms with Gasteiger partial charge in [0.2, 0.25) is 0 Å². The summed E-state index contributed by atoms with van der Waals surface area (Å²) in [6.07, 6.45) is 23.6. The molecular formula is C49H83N3O17P2. The lowest BCUT2D eigenvalue weighted by Crippen LogP contribution is -2.36. The number of aromatic nitrogens is 2. The van der Waals surface area contributed by atoms with Crippen LogP contribution in [0.3, 0.4) is 0 Å². The van der Waals surface area contributed by atoms with Crippen molar-refractivity contribution >= 4 is 33.4 Å². The van der Waals surface area contributed by atoms with Gasteiger partial charge >= 0.3 is 33.3 Å². The zero-order chi connectivity index (χ0) is 52.5. The Bertz CT molecular complexity index is 1930. The fourth-order valence-electron chi connectivity index (χ4n) is 7.26. The van der Waals surface area contributed by atoms with Crippen molar-refractivity contribution in [3.05, 3.63) is 71.4 Å². The lowest BCUT2D eigenvalue weighted by Gasteiger charge is -2.22. The summed E-state index contributed by atoms with van der Waals surface area (Å²) in [5.41, 5.74) is 4.56. The van der Waals surface area contributed by atoms with Crippen LogP contribution in [0.15, 0.2) is 65.7 Å². The molecular weight excluding hydrogens is 964 g/mol. The molecule has 10 atom stereocenters. The standard InChI is InChI=1S/C49H83N3O17P2/c1-4-6-7-8-9-10-11-12-16-19-22-25-29-40(53)41(54)30-27-32-45(56)67-39(35-64-44(55)31-26-23-20-17-14-13-15-18-21-24-28-38(3)5-2)36-65-70(60,61)69-71(62,63)66-37-42-46(57)47(58)48(68-42)52-34-33-43(50)51-49(52)59/h6-7,9-10,12,16,22,25,33-34,38-42,46-48,53-54,57-58H,4-5,8,11,13-15,17-21,23-24,26-32,35-37H2,1-3H3,(H,60,61)(H,62,63)(H2,50,51,59)/b7-6-,10-9-,16-12-,25-22-/t38?,39-,40-,41-,42-,46-,47-,48-/m1/s1. The van der Waals surface area contributed by atoms with Crippen LogP contribution in [-0.4, -0.2) is 108 Å². The van der Waals surface area contributed by atoms with Crippen molar-refractivity contribution in [3.63, 3.8) is 0 Å². The van der Waals surface area contributed by atoms with Gasteiger partial charge in [0, 0.05) is 19.0 Å². The van der Waals surface area contributed by atoms with Gasteiger partial charge in [-0.2, -0.15) is 9.29 Å². The van der Waals surface area contributed by atoms with Crippen molar-refractivity contribution in [2.75, 3.05) is 25.6 Å². The molecule has 0 saturated carbocycles. The highest BCUT2D eigenvalue weighted by molar-refractivity contribution is 7.61. The predicted molar refractivity (Wildman–Crippen MR) is 268 cm³/mol. The molecule has 20 nitrogen and oxygen atoms in total. The minimum atomic E-state index is -5.50. The minimum Gasteiger partial charge on any atom is -0.462 e. The Hall–Kier alpha value is -3.36. The Kier molecular flexibility index (Phi) is 32.8. The number of rotatable bonds is 40. The summed E-state index contributed by atoms with van der Waals surface area (Å²) in [5.74, 6) is -0.813. The lowest BCUT2D eigenvalue weighted by molar-refractivity contribution is -0.161. The van der Waals surface area contributed by atoms with Gasteiger partial charge in [-0.25, -0.2) is 13.9 Å². The third-order valence-corrected chi connectivity index (χ3v) is 14.3. The first-order chi connectivity index (χ1) is 33.9. The first-order valence-corrected chi connectivity index (χ1v) is 28.2. The van der Waals surface area contributed by atoms with Gasteiger partial charge in [-0.3, -0.25) is 23.2 Å². The van der Waals surface area contributed by atoms with Gasteiger partial charge in [-0.05, 0) is 63.4 Å². The van der Waals surface area contributed by atoms with Gasteiger partial charge in [0.15, 0.2) is 12.3 Å². The van der Waals surface area contributed by atoms with Gasteiger partial charge in [0.1, 0.15) is 30.7 Å². The molecule has 2 heterocycles. The second-order valence-corrected chi connectivity index (χ2v) is 20.9. The molecule has 0 radical (unpaired) electrons. The van der Waals surface area contributed by atoms with Gasteiger partial charge in [0.25, 0.3) is 0 Å². The highest BCUT2D eigenvalue weighted by Crippen LogP contribution is 2.60. The zero-order valence-corrected chi connectivity index (χ0v) is 43.7. The lowest BCUT2D eigenvalue weighted by atomic mass is 9.99. The molecule has 3 unspecified atom stereocenters. The van der Waals surface area contributed by atoms with Crippen LogP contribution in [0.2, 0.25) is 0 Å². The molecule has 1 fully saturated rings. The molecule has 0 aromatic carbocycles. The number of phosphoric ester groups is 2. The quantitative estimate of drug-likeness (QED) is 0.0142. The number of aliphatic hydroxyl groups excluding tert-OH is 4. The van der Waals surface area contributed by atoms with Crippen molar-refractivity contribution in [3.8, 4) is 0 Å². The van der Waals surface area contributed by atoms with E-state index in [1.165, 1.54) is 51.0 Å². The molecule has 22 heteroatoms. The van der Waals surface area contributed by atoms with Crippen molar-refractivity contribution in [2.45, 2.75) is 198 Å². The van der Waals surface area contributed by atoms with Crippen LogP contribution in [0, 0.1) is 5.92 Å². The number of esters is 2. The molecule has 1 aliphatic rings. The van der Waals surface area contributed by atoms with E-state index < -0.39 is 95.9 Å². The maximum absolute atomic E-state index is 12.9. The molecule has 406 valence electrons. The second kappa shape index (κ2) is 36.5. The van der Waals surface area contributed by atoms with E-state index in [1.54, 1.807) is 6.08 Å². The summed E-state index contributed by atoms with van der Waals surface area (Å²) in [5, 5.41) is 41.8. The van der Waals surface area contributed by atoms with Crippen molar-refractivity contribution < 1.29 is 76.5 Å². The third-order valence-electron chi connectivity index (χ3n) is 11.7. The Morgan fingerprint density at radius 1 is 0.761 bits per heavy atom. The molecule has 0 aliphatic carbocycles. The Morgan fingerprint density at radius 3 is 1.93 bits per heavy atom. The van der Waals surface area contributed by atoms with Crippen LogP contribution in [0.1, 0.15) is 162 Å². The molecule has 0 amide bonds. The number of phosphoric acid groups is 2. The molecule has 0 bridgehead atoms. The average Bonchev–Trinajstić information content (AvgIpc) is 3.60. The molecule has 0 spiro atoms. The van der Waals surface area contributed by atoms with Crippen molar-refractivity contribution in [1.82, 2.24) is 9.55 Å². The number of hydrogen-bond acceptors (Lipinski definition) is 17. The SMILES string of the molecule is CC/C=C\C/C=C\C/C=C\C/C=C\C[C@@H](O)[C@H](O)CCCC(=O)O[C@H](COC(=O)CCCCCCCCCCCCC(C)CC)COP(=O)(O)OP(=O)(O)OC[C@H]1O[C@@H](n2ccc(N)nc2=O)[C@H](O)[C@@H]1O. The number of aliphatic hydroxyl groups is 4. The zero-order valence-electron chi connectivity index (χ0n) is 41.9. The van der Waals surface area contributed by atoms with E-state index in [9.17, 15) is 53.7 Å². The smallest absolute Gasteiger partial charge is 0.462 e. The average molecular weight is 1050 g/mol. The molecule has 1 saturated heterocycles. The Morgan fingerprint density at radius 2 is 1.32 bits per heavy atom. The number of allylic oxidation sites excluding steroid dienone is 7. The number of nitrogen functional groups attached to an aromatic ring is 1. The number of nitrogens with zero attached hydrogens (tertiary/aromatic N) is 2. The van der Waals surface area contributed by atoms with Gasteiger partial charge in [0.05, 0.1) is 25.4 Å². The maximum atomic E-state index is 12.9. The summed E-state index contributed by atoms with van der Waals surface area (Å²) in [6, 6.07) is 1.23. The van der Waals surface area contributed by atoms with Crippen molar-refractivity contribution in [2.24, 2.45) is 5.92 Å². The number of nitrogens with two attached hydrogens (primary N) is 1. The van der Waals surface area contributed by atoms with E-state index in [2.05, 4.69) is 54.4 Å². The first-order valence-electron chi connectivity index (χ1n) is 25.2. The molecule has 8 N–H and O–H groups in total. The van der Waals surface area contributed by atoms with Crippen molar-refractivity contribution in [1.29, 1.82) is 0 Å². The number of carbonyl (C=O) groups is 2. The van der Waals surface area contributed by atoms with Crippen LogP contribution in [0.25, 0.3) is 0 Å². The number of unbranched alkanes of at least 4 members (excludes halogenated alkanes) is 9. The van der Waals surface area contributed by atoms with Gasteiger partial charge in [-0.15, -0.1) is 0 Å². The summed E-state index contributed by atoms with van der Waals surface area (Å²) < 4.78 is 56.5. The third kappa shape index (κ3) is 29.2. The molecule has 2 rings (SSSR count). The Balaban J connectivity index is 1.88. The summed E-state index contributed by atoms with van der Waals surface area (Å²) in [4.78, 5) is 61.9. The van der Waals surface area contributed by atoms with E-state index in [1.807, 2.05) is 18.2 Å². The minimum absolute atomic E-state index is 0.0313. The first kappa shape index (κ1) is 63.8. The summed E-state index contributed by atoms with van der Waals surface area (Å²) in [7, 11) is -11.0. The van der Waals surface area contributed by atoms with E-state index in [-0.39, 0.29) is 37.9 Å². The van der Waals surface area contributed by atoms with Gasteiger partial charge < -0.3 is 50.2 Å². The van der Waals surface area contributed by atoms with E-state index >= 15 is 0 Å². The molecule has 1 aromatic heterocycles. The van der Waals surface area contributed by atoms with E-state index in [0.29, 0.717) is 12.8 Å². The van der Waals surface area contributed by atoms with E-state index in [4.69, 9.17) is 29.0 Å². The highest BCUT2D eigenvalue weighted by Gasteiger charge is 2.46. The van der Waals surface area contributed by atoms with Crippen LogP contribution >= 0.6 is 15.6 Å². The maximum Gasteiger partial charge on any atom is 0.481 e. The Labute approximate surface area is 419 Å². The predicted octanol–water partition coefficient (Wildman–Crippen LogP) is 7.96. The number of hydrogen-bond donors (Lipinski definition) is 7. The molecule has 1 aromatic rings. The number of ether oxygens (including phenoxy) is 3. The fourth-order valence-corrected chi connectivity index (χ4v) is 9.37. The molecule has 1 aliphatic heterocycles. The van der Waals surface area contributed by atoms with Crippen LogP contribution in [0.4, 0.5) is 5.82 Å². The van der Waals surface area contributed by atoms with Crippen LogP contribution in [0.5, 0.6) is 0 Å². The van der Waals surface area contributed by atoms with Crippen LogP contribution < -0.4 is 11.4 Å². The van der Waals surface area contributed by atoms with Gasteiger partial charge in [-0.1, -0.05) is 140 Å². The van der Waals surface area contributed by atoms with E-state index in [0.717, 1.165) is 61.6 Å². The topological polar surface area (TPSA) is 306 Å². The number of carbonyl (C=O) groups excluding carboxylic acids is 2. The highest BCUT2D eigenvalue weighted by atomic mass is 31.3. The summed E-state index contributed by atoms with van der Waals surface area (Å²) in [6.45, 7) is 4.06. The summed E-state index contributed by atoms with van der Waals surface area (Å²) >= 11 is 0. The second-order valence-electron chi connectivity index (χ2n) is 17.8. The monoisotopic (exact) mass is 1050 g/mol. The van der Waals surface area contributed by atoms with Crippen LogP contribution in [-0.2, 0) is 46.3 Å². The number of anilines is 1. The molecule has 71 heavy (non-hydrogen) atoms. The largest absolute Gasteiger partial charge is 0.481 e.